The van der Waals surface area contributed by atoms with E-state index in [9.17, 15) is 4.39 Å². The third-order valence-electron chi connectivity index (χ3n) is 0.398. The Hall–Kier alpha value is 1.03. The molecule has 0 heterocycles. The maximum atomic E-state index is 10.9. The van der Waals surface area contributed by atoms with Crippen molar-refractivity contribution in [3.63, 3.8) is 0 Å². The Kier molecular flexibility index (Phi) is 15.8. The van der Waals surface area contributed by atoms with Gasteiger partial charge in [-0.3, -0.25) is 0 Å². The predicted octanol–water partition coefficient (Wildman–Crippen LogP) is 1.92. The van der Waals surface area contributed by atoms with E-state index in [1.165, 1.54) is 0 Å². The van der Waals surface area contributed by atoms with Crippen LogP contribution in [0.25, 0.3) is 0 Å². The van der Waals surface area contributed by atoms with Crippen molar-refractivity contribution in [3.05, 3.63) is 6.67 Å². The smallest absolute Gasteiger partial charge is 0 e. The fourth-order valence-electron chi connectivity index (χ4n) is 0.109. The standard InChI is InChI=1S/C4H8F.Y/c1-2-3-4-5;/h4H,2-3H2,1H3;/q-1;. The fraction of sp³-hybridized carbons (Fsp3) is 0.750. The molecule has 35 valence electrons. The first-order chi connectivity index (χ1) is 2.41. The summed E-state index contributed by atoms with van der Waals surface area (Å²) in [5, 5.41) is 0. The molecule has 1 radical (unpaired) electrons. The zero-order valence-corrected chi connectivity index (χ0v) is 6.79. The summed E-state index contributed by atoms with van der Waals surface area (Å²) in [6.45, 7) is 2.62. The Morgan fingerprint density at radius 2 is 2.17 bits per heavy atom. The van der Waals surface area contributed by atoms with Gasteiger partial charge in [0.25, 0.3) is 0 Å². The van der Waals surface area contributed by atoms with E-state index in [0.29, 0.717) is 13.1 Å². The molecule has 0 aliphatic heterocycles. The molecule has 0 rings (SSSR count). The van der Waals surface area contributed by atoms with Gasteiger partial charge in [-0.15, -0.1) is 0 Å². The second-order valence-electron chi connectivity index (χ2n) is 0.943. The SMILES string of the molecule is CCC[CH-]F.[Y]. The fourth-order valence-corrected chi connectivity index (χ4v) is 0.109. The summed E-state index contributed by atoms with van der Waals surface area (Å²) in [5.41, 5.74) is 0. The Bertz CT molecular complexity index is 15.0. The van der Waals surface area contributed by atoms with E-state index in [0.717, 1.165) is 6.42 Å². The van der Waals surface area contributed by atoms with Crippen LogP contribution in [0.4, 0.5) is 4.39 Å². The van der Waals surface area contributed by atoms with Crippen LogP contribution in [0.2, 0.25) is 0 Å². The van der Waals surface area contributed by atoms with Crippen LogP contribution in [0.5, 0.6) is 0 Å². The van der Waals surface area contributed by atoms with Gasteiger partial charge in [0.1, 0.15) is 0 Å². The van der Waals surface area contributed by atoms with Crippen LogP contribution in [-0.4, -0.2) is 0 Å². The molecule has 0 saturated carbocycles. The normalized spacial score (nSPS) is 7.00. The summed E-state index contributed by atoms with van der Waals surface area (Å²) in [5.74, 6) is 0. The quantitative estimate of drug-likeness (QED) is 0.547. The molecule has 0 spiro atoms. The average Bonchev–Trinajstić information content (AvgIpc) is 1.41. The zero-order valence-electron chi connectivity index (χ0n) is 3.95. The van der Waals surface area contributed by atoms with E-state index in [2.05, 4.69) is 0 Å². The minimum atomic E-state index is 0. The van der Waals surface area contributed by atoms with Crippen LogP contribution in [0.15, 0.2) is 0 Å². The van der Waals surface area contributed by atoms with Crippen molar-refractivity contribution >= 4 is 0 Å². The molecular weight excluding hydrogens is 156 g/mol. The molecular formula is C4H8FY-. The van der Waals surface area contributed by atoms with E-state index >= 15 is 0 Å². The van der Waals surface area contributed by atoms with Crippen molar-refractivity contribution in [3.8, 4) is 0 Å². The number of rotatable bonds is 2. The van der Waals surface area contributed by atoms with Crippen LogP contribution >= 0.6 is 0 Å². The van der Waals surface area contributed by atoms with Crippen LogP contribution in [0, 0.1) is 6.67 Å². The molecule has 6 heavy (non-hydrogen) atoms. The Morgan fingerprint density at radius 1 is 1.67 bits per heavy atom. The third-order valence-corrected chi connectivity index (χ3v) is 0.398. The summed E-state index contributed by atoms with van der Waals surface area (Å²) in [4.78, 5) is 0. The van der Waals surface area contributed by atoms with Crippen molar-refractivity contribution in [1.82, 2.24) is 0 Å². The van der Waals surface area contributed by atoms with Gasteiger partial charge in [-0.2, -0.15) is 13.1 Å². The van der Waals surface area contributed by atoms with E-state index in [-0.39, 0.29) is 32.7 Å². The van der Waals surface area contributed by atoms with Gasteiger partial charge in [-0.1, -0.05) is 13.3 Å². The number of hydrogen-bond donors (Lipinski definition) is 0. The molecule has 0 saturated heterocycles. The first-order valence-electron chi connectivity index (χ1n) is 1.83. The molecule has 0 atom stereocenters. The maximum absolute atomic E-state index is 10.9. The van der Waals surface area contributed by atoms with Gasteiger partial charge in [0.2, 0.25) is 0 Å². The average molecular weight is 164 g/mol. The van der Waals surface area contributed by atoms with Gasteiger partial charge in [0.15, 0.2) is 0 Å². The first kappa shape index (κ1) is 10.1. The summed E-state index contributed by atoms with van der Waals surface area (Å²) < 4.78 is 10.9. The van der Waals surface area contributed by atoms with Crippen molar-refractivity contribution in [2.24, 2.45) is 0 Å². The predicted molar refractivity (Wildman–Crippen MR) is 20.3 cm³/mol. The number of halogens is 1. The van der Waals surface area contributed by atoms with Gasteiger partial charge in [0, 0.05) is 32.7 Å². The molecule has 0 fully saturated rings. The molecule has 0 amide bonds. The molecule has 0 aromatic rings. The Morgan fingerprint density at radius 3 is 2.17 bits per heavy atom. The molecule has 2 heteroatoms. The Balaban J connectivity index is 0. The number of unbranched alkanes of at least 4 members (excludes halogenated alkanes) is 1. The van der Waals surface area contributed by atoms with E-state index < -0.39 is 0 Å². The van der Waals surface area contributed by atoms with Crippen LogP contribution in [0.1, 0.15) is 19.8 Å². The largest absolute Gasteiger partial charge is 0.459 e. The van der Waals surface area contributed by atoms with Gasteiger partial charge in [-0.05, 0) is 0 Å². The molecule has 0 aromatic heterocycles. The third kappa shape index (κ3) is 8.90. The maximum Gasteiger partial charge on any atom is 0 e. The second kappa shape index (κ2) is 9.40. The first-order valence-corrected chi connectivity index (χ1v) is 1.83. The zero-order chi connectivity index (χ0) is 4.12. The van der Waals surface area contributed by atoms with Crippen LogP contribution in [0.3, 0.4) is 0 Å². The van der Waals surface area contributed by atoms with Crippen LogP contribution < -0.4 is 0 Å². The summed E-state index contributed by atoms with van der Waals surface area (Å²) in [6.07, 6.45) is 1.51. The van der Waals surface area contributed by atoms with Crippen molar-refractivity contribution in [1.29, 1.82) is 0 Å². The van der Waals surface area contributed by atoms with Crippen molar-refractivity contribution in [2.75, 3.05) is 0 Å². The summed E-state index contributed by atoms with van der Waals surface area (Å²) in [7, 11) is 0. The molecule has 0 nitrogen and oxygen atoms in total. The molecule has 0 aromatic carbocycles. The minimum absolute atomic E-state index is 0. The van der Waals surface area contributed by atoms with Gasteiger partial charge in [-0.25, -0.2) is 0 Å². The Labute approximate surface area is 63.4 Å². The van der Waals surface area contributed by atoms with Gasteiger partial charge >= 0.3 is 0 Å². The molecule has 0 bridgehead atoms. The minimum Gasteiger partial charge on any atom is -0.459 e. The van der Waals surface area contributed by atoms with E-state index in [1.54, 1.807) is 0 Å². The topological polar surface area (TPSA) is 0 Å². The van der Waals surface area contributed by atoms with Crippen LogP contribution in [-0.2, 0) is 32.7 Å². The summed E-state index contributed by atoms with van der Waals surface area (Å²) >= 11 is 0. The molecule has 0 aliphatic rings. The number of hydrogen-bond acceptors (Lipinski definition) is 0. The van der Waals surface area contributed by atoms with Gasteiger partial charge in [0.05, 0.1) is 0 Å². The summed E-state index contributed by atoms with van der Waals surface area (Å²) in [6, 6.07) is 0. The van der Waals surface area contributed by atoms with E-state index in [1.807, 2.05) is 6.92 Å². The molecule has 0 unspecified atom stereocenters. The van der Waals surface area contributed by atoms with Crippen molar-refractivity contribution in [2.45, 2.75) is 19.8 Å². The van der Waals surface area contributed by atoms with Gasteiger partial charge < -0.3 is 4.39 Å². The molecule has 0 aliphatic carbocycles. The second-order valence-corrected chi connectivity index (χ2v) is 0.943. The van der Waals surface area contributed by atoms with Crippen molar-refractivity contribution < 1.29 is 37.1 Å². The molecule has 0 N–H and O–H groups in total. The monoisotopic (exact) mass is 164 g/mol. The van der Waals surface area contributed by atoms with E-state index in [4.69, 9.17) is 0 Å².